The summed E-state index contributed by atoms with van der Waals surface area (Å²) in [6, 6.07) is 7.65. The molecule has 1 saturated carbocycles. The van der Waals surface area contributed by atoms with Crippen molar-refractivity contribution in [3.05, 3.63) is 29.8 Å². The van der Waals surface area contributed by atoms with Crippen LogP contribution in [0.5, 0.6) is 0 Å². The number of carbonyl (C=O) groups is 2. The maximum absolute atomic E-state index is 12.1. The Morgan fingerprint density at radius 2 is 1.86 bits per heavy atom. The Hall–Kier alpha value is -1.88. The zero-order valence-electron chi connectivity index (χ0n) is 12.8. The van der Waals surface area contributed by atoms with Crippen LogP contribution in [0.25, 0.3) is 0 Å². The van der Waals surface area contributed by atoms with Gasteiger partial charge in [0.25, 0.3) is 0 Å². The minimum Gasteiger partial charge on any atom is -0.355 e. The number of para-hydroxylation sites is 1. The number of benzene rings is 1. The molecular weight excluding hydrogens is 266 g/mol. The molecule has 5 heteroatoms. The number of hydrogen-bond donors (Lipinski definition) is 2. The second-order valence-corrected chi connectivity index (χ2v) is 5.85. The van der Waals surface area contributed by atoms with Crippen LogP contribution < -0.4 is 10.6 Å². The Labute approximate surface area is 125 Å². The number of anilines is 1. The van der Waals surface area contributed by atoms with Crippen molar-refractivity contribution >= 4 is 17.5 Å². The van der Waals surface area contributed by atoms with Crippen LogP contribution >= 0.6 is 0 Å². The van der Waals surface area contributed by atoms with Crippen LogP contribution in [0.1, 0.15) is 12.0 Å². The predicted molar refractivity (Wildman–Crippen MR) is 83.0 cm³/mol. The molecular formula is C16H23N3O2. The molecule has 21 heavy (non-hydrogen) atoms. The Bertz CT molecular complexity index is 528. The summed E-state index contributed by atoms with van der Waals surface area (Å²) in [5.41, 5.74) is 1.85. The van der Waals surface area contributed by atoms with Gasteiger partial charge in [-0.25, -0.2) is 0 Å². The van der Waals surface area contributed by atoms with E-state index in [-0.39, 0.29) is 23.7 Å². The zero-order valence-corrected chi connectivity index (χ0v) is 12.8. The van der Waals surface area contributed by atoms with Crippen molar-refractivity contribution in [2.45, 2.75) is 13.3 Å². The number of nitrogens with one attached hydrogen (secondary N) is 2. The molecule has 1 aromatic rings. The predicted octanol–water partition coefficient (Wildman–Crippen LogP) is 1.25. The van der Waals surface area contributed by atoms with E-state index in [0.29, 0.717) is 13.0 Å². The Morgan fingerprint density at radius 1 is 1.19 bits per heavy atom. The van der Waals surface area contributed by atoms with Gasteiger partial charge in [0.2, 0.25) is 11.8 Å². The lowest BCUT2D eigenvalue weighted by atomic mass is 10.2. The summed E-state index contributed by atoms with van der Waals surface area (Å²) in [6.45, 7) is 3.38. The van der Waals surface area contributed by atoms with Crippen LogP contribution in [-0.2, 0) is 9.59 Å². The summed E-state index contributed by atoms with van der Waals surface area (Å²) in [7, 11) is 3.92. The quantitative estimate of drug-likeness (QED) is 0.828. The van der Waals surface area contributed by atoms with E-state index >= 15 is 0 Å². The van der Waals surface area contributed by atoms with Crippen molar-refractivity contribution in [1.29, 1.82) is 0 Å². The normalized spacial score (nSPS) is 20.2. The fraction of sp³-hybridized carbons (Fsp3) is 0.500. The second-order valence-electron chi connectivity index (χ2n) is 5.85. The first-order valence-corrected chi connectivity index (χ1v) is 7.28. The van der Waals surface area contributed by atoms with Crippen molar-refractivity contribution in [3.63, 3.8) is 0 Å². The Balaban J connectivity index is 1.79. The van der Waals surface area contributed by atoms with Gasteiger partial charge < -0.3 is 15.5 Å². The summed E-state index contributed by atoms with van der Waals surface area (Å²) < 4.78 is 0. The number of aryl methyl sites for hydroxylation is 1. The van der Waals surface area contributed by atoms with Crippen molar-refractivity contribution in [3.8, 4) is 0 Å². The molecule has 114 valence electrons. The molecule has 1 fully saturated rings. The lowest BCUT2D eigenvalue weighted by Gasteiger charge is -2.10. The first-order chi connectivity index (χ1) is 9.99. The molecule has 2 amide bonds. The monoisotopic (exact) mass is 289 g/mol. The van der Waals surface area contributed by atoms with E-state index < -0.39 is 0 Å². The van der Waals surface area contributed by atoms with Crippen LogP contribution in [0.2, 0.25) is 0 Å². The topological polar surface area (TPSA) is 61.4 Å². The molecule has 2 atom stereocenters. The molecule has 0 aliphatic heterocycles. The number of carbonyl (C=O) groups excluding carboxylic acids is 2. The van der Waals surface area contributed by atoms with Gasteiger partial charge in [-0.05, 0) is 39.1 Å². The molecule has 0 spiro atoms. The van der Waals surface area contributed by atoms with Crippen molar-refractivity contribution in [1.82, 2.24) is 10.2 Å². The molecule has 0 radical (unpaired) electrons. The van der Waals surface area contributed by atoms with Gasteiger partial charge in [0.15, 0.2) is 0 Å². The van der Waals surface area contributed by atoms with E-state index in [1.54, 1.807) is 0 Å². The lowest BCUT2D eigenvalue weighted by molar-refractivity contribution is -0.125. The third-order valence-corrected chi connectivity index (χ3v) is 3.73. The molecule has 1 aliphatic rings. The first-order valence-electron chi connectivity index (χ1n) is 7.28. The van der Waals surface area contributed by atoms with Gasteiger partial charge in [-0.15, -0.1) is 0 Å². The van der Waals surface area contributed by atoms with E-state index in [1.165, 1.54) is 0 Å². The van der Waals surface area contributed by atoms with Gasteiger partial charge in [-0.3, -0.25) is 9.59 Å². The number of nitrogens with zero attached hydrogens (tertiary/aromatic N) is 1. The zero-order chi connectivity index (χ0) is 15.4. The highest BCUT2D eigenvalue weighted by molar-refractivity contribution is 5.99. The number of hydrogen-bond acceptors (Lipinski definition) is 3. The Kier molecular flexibility index (Phi) is 4.96. The molecule has 5 nitrogen and oxygen atoms in total. The highest BCUT2D eigenvalue weighted by atomic mass is 16.2. The van der Waals surface area contributed by atoms with E-state index in [1.807, 2.05) is 50.2 Å². The summed E-state index contributed by atoms with van der Waals surface area (Å²) in [5, 5.41) is 5.78. The molecule has 0 saturated heterocycles. The highest BCUT2D eigenvalue weighted by Gasteiger charge is 2.47. The average Bonchev–Trinajstić information content (AvgIpc) is 3.21. The number of amides is 2. The average molecular weight is 289 g/mol. The minimum atomic E-state index is -0.191. The Morgan fingerprint density at radius 3 is 2.52 bits per heavy atom. The van der Waals surface area contributed by atoms with Gasteiger partial charge in [0, 0.05) is 18.8 Å². The molecule has 0 heterocycles. The maximum atomic E-state index is 12.1. The third-order valence-electron chi connectivity index (χ3n) is 3.73. The molecule has 0 bridgehead atoms. The molecule has 2 unspecified atom stereocenters. The van der Waals surface area contributed by atoms with Crippen molar-refractivity contribution in [2.24, 2.45) is 11.8 Å². The fourth-order valence-corrected chi connectivity index (χ4v) is 2.25. The van der Waals surface area contributed by atoms with Gasteiger partial charge >= 0.3 is 0 Å². The molecule has 2 rings (SSSR count). The minimum absolute atomic E-state index is 0.0122. The lowest BCUT2D eigenvalue weighted by Crippen LogP contribution is -2.33. The standard InChI is InChI=1S/C16H23N3O2/c1-11-6-4-5-7-14(11)18-16(21)13-10-12(13)15(20)17-8-9-19(2)3/h4-7,12-13H,8-10H2,1-3H3,(H,17,20)(H,18,21). The molecule has 1 aliphatic carbocycles. The van der Waals surface area contributed by atoms with Gasteiger partial charge in [-0.2, -0.15) is 0 Å². The molecule has 0 aromatic heterocycles. The van der Waals surface area contributed by atoms with E-state index in [0.717, 1.165) is 17.8 Å². The summed E-state index contributed by atoms with van der Waals surface area (Å²) in [5.74, 6) is -0.431. The number of rotatable bonds is 6. The second kappa shape index (κ2) is 6.72. The van der Waals surface area contributed by atoms with E-state index in [2.05, 4.69) is 10.6 Å². The van der Waals surface area contributed by atoms with Crippen LogP contribution in [0, 0.1) is 18.8 Å². The van der Waals surface area contributed by atoms with Crippen LogP contribution in [-0.4, -0.2) is 43.9 Å². The van der Waals surface area contributed by atoms with Gasteiger partial charge in [0.1, 0.15) is 0 Å². The van der Waals surface area contributed by atoms with Crippen molar-refractivity contribution < 1.29 is 9.59 Å². The van der Waals surface area contributed by atoms with E-state index in [9.17, 15) is 9.59 Å². The fourth-order valence-electron chi connectivity index (χ4n) is 2.25. The smallest absolute Gasteiger partial charge is 0.228 e. The molecule has 1 aromatic carbocycles. The summed E-state index contributed by atoms with van der Waals surface area (Å²) in [6.07, 6.45) is 0.644. The van der Waals surface area contributed by atoms with Gasteiger partial charge in [-0.1, -0.05) is 18.2 Å². The van der Waals surface area contributed by atoms with Crippen LogP contribution in [0.3, 0.4) is 0 Å². The SMILES string of the molecule is Cc1ccccc1NC(=O)C1CC1C(=O)NCCN(C)C. The number of likely N-dealkylation sites (N-methyl/N-ethyl adjacent to an activating group) is 1. The molecule has 2 N–H and O–H groups in total. The van der Waals surface area contributed by atoms with Crippen LogP contribution in [0.4, 0.5) is 5.69 Å². The van der Waals surface area contributed by atoms with E-state index in [4.69, 9.17) is 0 Å². The third kappa shape index (κ3) is 4.29. The summed E-state index contributed by atoms with van der Waals surface area (Å²) in [4.78, 5) is 26.0. The van der Waals surface area contributed by atoms with Gasteiger partial charge in [0.05, 0.1) is 11.8 Å². The largest absolute Gasteiger partial charge is 0.355 e. The summed E-state index contributed by atoms with van der Waals surface area (Å²) >= 11 is 0. The first kappa shape index (κ1) is 15.5. The maximum Gasteiger partial charge on any atom is 0.228 e. The van der Waals surface area contributed by atoms with Crippen LogP contribution in [0.15, 0.2) is 24.3 Å². The van der Waals surface area contributed by atoms with Crippen molar-refractivity contribution in [2.75, 3.05) is 32.5 Å². The highest BCUT2D eigenvalue weighted by Crippen LogP contribution is 2.39.